The highest BCUT2D eigenvalue weighted by Crippen LogP contribution is 2.41. The van der Waals surface area contributed by atoms with Crippen molar-refractivity contribution in [2.75, 3.05) is 58.1 Å². The average molecular weight is 645 g/mol. The molecule has 0 unspecified atom stereocenters. The van der Waals surface area contributed by atoms with Crippen molar-refractivity contribution in [2.45, 2.75) is 25.5 Å². The lowest BCUT2D eigenvalue weighted by Crippen LogP contribution is -2.38. The number of hydrogen-bond donors (Lipinski definition) is 1. The van der Waals surface area contributed by atoms with Crippen molar-refractivity contribution in [1.82, 2.24) is 9.80 Å². The molecule has 1 amide bonds. The number of carboxylic acid groups (broad SMARTS) is 1. The van der Waals surface area contributed by atoms with Crippen LogP contribution in [0.25, 0.3) is 11.1 Å². The fourth-order valence-electron chi connectivity index (χ4n) is 5.90. The molecule has 44 heavy (non-hydrogen) atoms. The number of hydrogen-bond acceptors (Lipinski definition) is 7. The summed E-state index contributed by atoms with van der Waals surface area (Å²) in [6, 6.07) is 11.1. The Morgan fingerprint density at radius 2 is 1.70 bits per heavy atom. The van der Waals surface area contributed by atoms with Gasteiger partial charge in [-0.3, -0.25) is 4.79 Å². The van der Waals surface area contributed by atoms with E-state index in [9.17, 15) is 14.7 Å². The highest BCUT2D eigenvalue weighted by atomic mass is 35.5. The summed E-state index contributed by atoms with van der Waals surface area (Å²) in [5, 5.41) is 10.1. The number of rotatable bonds is 6. The van der Waals surface area contributed by atoms with Gasteiger partial charge in [0, 0.05) is 42.9 Å². The van der Waals surface area contributed by atoms with E-state index >= 15 is 4.39 Å². The molecule has 0 bridgehead atoms. The molecule has 0 spiro atoms. The van der Waals surface area contributed by atoms with Gasteiger partial charge in [-0.15, -0.1) is 0 Å². The maximum absolute atomic E-state index is 15.5. The number of para-hydroxylation sites is 1. The molecule has 1 N–H and O–H groups in total. The van der Waals surface area contributed by atoms with Gasteiger partial charge in [-0.2, -0.15) is 0 Å². The van der Waals surface area contributed by atoms with Gasteiger partial charge < -0.3 is 34.0 Å². The summed E-state index contributed by atoms with van der Waals surface area (Å²) in [7, 11) is 2.08. The molecular weight excluding hydrogens is 612 g/mol. The monoisotopic (exact) mass is 643 g/mol. The summed E-state index contributed by atoms with van der Waals surface area (Å²) in [5.41, 5.74) is 1.77. The fourth-order valence-corrected chi connectivity index (χ4v) is 6.53. The normalized spacial score (nSPS) is 17.6. The van der Waals surface area contributed by atoms with Gasteiger partial charge in [0.25, 0.3) is 5.91 Å². The van der Waals surface area contributed by atoms with Crippen LogP contribution in [0.3, 0.4) is 0 Å². The number of aromatic carboxylic acids is 1. The molecule has 0 saturated carbocycles. The Bertz CT molecular complexity index is 1570. The van der Waals surface area contributed by atoms with Crippen LogP contribution < -0.4 is 14.4 Å². The first kappa shape index (κ1) is 30.5. The second-order valence-corrected chi connectivity index (χ2v) is 12.0. The van der Waals surface area contributed by atoms with Crippen LogP contribution in [0.2, 0.25) is 10.0 Å². The van der Waals surface area contributed by atoms with Crippen LogP contribution in [0.5, 0.6) is 11.5 Å². The minimum atomic E-state index is -1.21. The Balaban J connectivity index is 1.24. The zero-order valence-corrected chi connectivity index (χ0v) is 25.7. The van der Waals surface area contributed by atoms with E-state index in [2.05, 4.69) is 11.9 Å². The van der Waals surface area contributed by atoms with Crippen LogP contribution in [0.1, 0.15) is 39.1 Å². The third kappa shape index (κ3) is 6.17. The molecule has 0 aliphatic carbocycles. The number of morpholine rings is 1. The summed E-state index contributed by atoms with van der Waals surface area (Å²) in [5.74, 6) is -1.37. The summed E-state index contributed by atoms with van der Waals surface area (Å²) in [6.45, 7) is 3.81. The molecule has 2 fully saturated rings. The second-order valence-electron chi connectivity index (χ2n) is 11.2. The number of carboxylic acids is 1. The van der Waals surface area contributed by atoms with Crippen molar-refractivity contribution < 1.29 is 33.3 Å². The lowest BCUT2D eigenvalue weighted by Gasteiger charge is -2.32. The summed E-state index contributed by atoms with van der Waals surface area (Å²) >= 11 is 13.1. The van der Waals surface area contributed by atoms with Crippen molar-refractivity contribution in [3.05, 3.63) is 75.0 Å². The molecule has 3 aliphatic heterocycles. The summed E-state index contributed by atoms with van der Waals surface area (Å²) in [6.07, 6.45) is 1.83. The highest BCUT2D eigenvalue weighted by Gasteiger charge is 2.30. The lowest BCUT2D eigenvalue weighted by atomic mass is 9.97. The van der Waals surface area contributed by atoms with E-state index in [1.54, 1.807) is 36.4 Å². The van der Waals surface area contributed by atoms with Crippen molar-refractivity contribution in [3.63, 3.8) is 0 Å². The van der Waals surface area contributed by atoms with Crippen LogP contribution in [-0.4, -0.2) is 86.1 Å². The fraction of sp³-hybridized carbons (Fsp3) is 0.375. The predicted molar refractivity (Wildman–Crippen MR) is 165 cm³/mol. The molecule has 3 heterocycles. The van der Waals surface area contributed by atoms with Gasteiger partial charge in [0.05, 0.1) is 46.6 Å². The van der Waals surface area contributed by atoms with Gasteiger partial charge in [-0.05, 0) is 44.2 Å². The van der Waals surface area contributed by atoms with Crippen molar-refractivity contribution in [2.24, 2.45) is 0 Å². The number of likely N-dealkylation sites (tertiary alicyclic amines) is 1. The lowest BCUT2D eigenvalue weighted by molar-refractivity contribution is 0.0516. The van der Waals surface area contributed by atoms with Crippen LogP contribution in [-0.2, 0) is 11.3 Å². The number of halogens is 3. The highest BCUT2D eigenvalue weighted by molar-refractivity contribution is 6.39. The van der Waals surface area contributed by atoms with E-state index in [0.717, 1.165) is 32.0 Å². The second kappa shape index (κ2) is 12.8. The van der Waals surface area contributed by atoms with E-state index in [-0.39, 0.29) is 46.1 Å². The number of benzene rings is 3. The van der Waals surface area contributed by atoms with Crippen molar-refractivity contribution >= 4 is 40.8 Å². The van der Waals surface area contributed by atoms with E-state index < -0.39 is 17.7 Å². The molecule has 6 rings (SSSR count). The quantitative estimate of drug-likeness (QED) is 0.360. The Labute approximate surface area is 264 Å². The van der Waals surface area contributed by atoms with Crippen molar-refractivity contribution in [1.29, 1.82) is 0 Å². The molecular formula is C32H32Cl2FN3O6. The van der Waals surface area contributed by atoms with Crippen LogP contribution in [0, 0.1) is 5.82 Å². The van der Waals surface area contributed by atoms with Gasteiger partial charge in [0.1, 0.15) is 23.4 Å². The smallest absolute Gasteiger partial charge is 0.337 e. The zero-order valence-electron chi connectivity index (χ0n) is 24.2. The Hall–Kier alpha value is -3.57. The molecule has 3 aromatic rings. The SMILES string of the molecule is CN1CCC(Oc2cc(Cl)c(C(=O)N3COc4c(cccc4-c4cc(N5CCOCC5)c(C(=O)O)cc4F)C3)c(Cl)c2)CC1. The molecule has 12 heteroatoms. The molecule has 232 valence electrons. The maximum Gasteiger partial charge on any atom is 0.337 e. The van der Waals surface area contributed by atoms with E-state index in [0.29, 0.717) is 54.6 Å². The standard InChI is InChI=1S/C32H32Cl2FN3O6/c1-36-7-5-20(6-8-36)44-21-13-25(33)29(26(34)14-21)31(39)38-17-19-3-2-4-22(30(19)43-18-38)23-16-28(37-9-11-42-12-10-37)24(32(40)41)15-27(23)35/h2-4,13-16,20H,5-12,17-18H2,1H3,(H,40,41). The summed E-state index contributed by atoms with van der Waals surface area (Å²) in [4.78, 5) is 31.2. The van der Waals surface area contributed by atoms with Crippen LogP contribution in [0.15, 0.2) is 42.5 Å². The first-order chi connectivity index (χ1) is 21.2. The zero-order chi connectivity index (χ0) is 31.0. The van der Waals surface area contributed by atoms with Gasteiger partial charge >= 0.3 is 5.97 Å². The Kier molecular flexibility index (Phi) is 8.87. The van der Waals surface area contributed by atoms with Gasteiger partial charge in [0.15, 0.2) is 6.73 Å². The number of carbonyl (C=O) groups excluding carboxylic acids is 1. The van der Waals surface area contributed by atoms with E-state index in [1.165, 1.54) is 4.90 Å². The maximum atomic E-state index is 15.5. The molecule has 0 aromatic heterocycles. The number of fused-ring (bicyclic) bond motifs is 1. The molecule has 0 radical (unpaired) electrons. The Morgan fingerprint density at radius 3 is 2.39 bits per heavy atom. The molecule has 3 aliphatic rings. The number of piperidine rings is 1. The first-order valence-corrected chi connectivity index (χ1v) is 15.2. The molecule has 9 nitrogen and oxygen atoms in total. The number of ether oxygens (including phenoxy) is 3. The number of anilines is 1. The minimum Gasteiger partial charge on any atom is -0.490 e. The van der Waals surface area contributed by atoms with Gasteiger partial charge in [-0.1, -0.05) is 41.4 Å². The van der Waals surface area contributed by atoms with Crippen molar-refractivity contribution in [3.8, 4) is 22.6 Å². The molecule has 2 saturated heterocycles. The third-order valence-corrected chi connectivity index (χ3v) is 8.86. The number of nitrogens with zero attached hydrogens (tertiary/aromatic N) is 3. The van der Waals surface area contributed by atoms with Gasteiger partial charge in [-0.25, -0.2) is 9.18 Å². The number of carbonyl (C=O) groups is 2. The van der Waals surface area contributed by atoms with Crippen LogP contribution in [0.4, 0.5) is 10.1 Å². The average Bonchev–Trinajstić information content (AvgIpc) is 3.01. The largest absolute Gasteiger partial charge is 0.490 e. The number of amides is 1. The molecule has 0 atom stereocenters. The third-order valence-electron chi connectivity index (χ3n) is 8.27. The topological polar surface area (TPSA) is 91.8 Å². The predicted octanol–water partition coefficient (Wildman–Crippen LogP) is 5.80. The van der Waals surface area contributed by atoms with Gasteiger partial charge in [0.2, 0.25) is 0 Å². The van der Waals surface area contributed by atoms with E-state index in [1.807, 2.05) is 4.90 Å². The van der Waals surface area contributed by atoms with Crippen LogP contribution >= 0.6 is 23.2 Å². The van der Waals surface area contributed by atoms with E-state index in [4.69, 9.17) is 37.4 Å². The molecule has 3 aromatic carbocycles. The Morgan fingerprint density at radius 1 is 1.00 bits per heavy atom. The summed E-state index contributed by atoms with van der Waals surface area (Å²) < 4.78 is 33.0. The first-order valence-electron chi connectivity index (χ1n) is 14.5. The minimum absolute atomic E-state index is 0.0520.